The molecule has 126 valence electrons. The zero-order valence-electron chi connectivity index (χ0n) is 14.5. The van der Waals surface area contributed by atoms with Crippen LogP contribution in [0.4, 0.5) is 11.4 Å². The first-order chi connectivity index (χ1) is 12.1. The molecule has 0 aliphatic carbocycles. The number of amides is 1. The summed E-state index contributed by atoms with van der Waals surface area (Å²) in [5.41, 5.74) is 6.10. The number of aryl methyl sites for hydroxylation is 2. The lowest BCUT2D eigenvalue weighted by molar-refractivity contribution is 0.102. The first kappa shape index (κ1) is 16.8. The zero-order chi connectivity index (χ0) is 17.6. The van der Waals surface area contributed by atoms with Crippen molar-refractivity contribution in [2.75, 3.05) is 10.6 Å². The number of benzene rings is 3. The van der Waals surface area contributed by atoms with Gasteiger partial charge >= 0.3 is 0 Å². The highest BCUT2D eigenvalue weighted by Crippen LogP contribution is 2.16. The quantitative estimate of drug-likeness (QED) is 0.678. The fourth-order valence-electron chi connectivity index (χ4n) is 2.49. The summed E-state index contributed by atoms with van der Waals surface area (Å²) in [5.74, 6) is -0.0969. The maximum atomic E-state index is 12.2. The third kappa shape index (κ3) is 4.70. The van der Waals surface area contributed by atoms with Crippen LogP contribution in [0, 0.1) is 13.8 Å². The van der Waals surface area contributed by atoms with E-state index < -0.39 is 0 Å². The van der Waals surface area contributed by atoms with Gasteiger partial charge in [-0.2, -0.15) is 0 Å². The highest BCUT2D eigenvalue weighted by atomic mass is 16.1. The Kier molecular flexibility index (Phi) is 5.14. The van der Waals surface area contributed by atoms with Gasteiger partial charge in [0.2, 0.25) is 0 Å². The Labute approximate surface area is 148 Å². The molecule has 0 bridgehead atoms. The molecule has 3 heteroatoms. The summed E-state index contributed by atoms with van der Waals surface area (Å²) in [6, 6.07) is 23.8. The molecule has 0 fully saturated rings. The van der Waals surface area contributed by atoms with Crippen LogP contribution < -0.4 is 10.6 Å². The third-order valence-corrected chi connectivity index (χ3v) is 4.07. The van der Waals surface area contributed by atoms with E-state index in [4.69, 9.17) is 0 Å². The van der Waals surface area contributed by atoms with E-state index in [1.807, 2.05) is 55.5 Å². The van der Waals surface area contributed by atoms with Gasteiger partial charge in [-0.3, -0.25) is 4.79 Å². The summed E-state index contributed by atoms with van der Waals surface area (Å²) in [6.45, 7) is 4.86. The Hall–Kier alpha value is -3.07. The minimum Gasteiger partial charge on any atom is -0.381 e. The third-order valence-electron chi connectivity index (χ3n) is 4.07. The van der Waals surface area contributed by atoms with Crippen LogP contribution >= 0.6 is 0 Å². The zero-order valence-corrected chi connectivity index (χ0v) is 14.5. The normalized spacial score (nSPS) is 10.3. The monoisotopic (exact) mass is 330 g/mol. The lowest BCUT2D eigenvalue weighted by Crippen LogP contribution is -2.11. The molecule has 0 unspecified atom stereocenters. The topological polar surface area (TPSA) is 41.1 Å². The van der Waals surface area contributed by atoms with Crippen LogP contribution in [0.1, 0.15) is 27.0 Å². The van der Waals surface area contributed by atoms with E-state index in [2.05, 4.69) is 41.8 Å². The lowest BCUT2D eigenvalue weighted by Gasteiger charge is -2.09. The van der Waals surface area contributed by atoms with Crippen LogP contribution in [0.15, 0.2) is 72.8 Å². The van der Waals surface area contributed by atoms with Crippen molar-refractivity contribution in [3.8, 4) is 0 Å². The molecule has 2 N–H and O–H groups in total. The molecule has 3 rings (SSSR count). The molecule has 0 saturated heterocycles. The number of hydrogen-bond donors (Lipinski definition) is 2. The maximum absolute atomic E-state index is 12.2. The number of anilines is 2. The molecule has 0 radical (unpaired) electrons. The fraction of sp³-hybridized carbons (Fsp3) is 0.136. The standard InChI is InChI=1S/C22H22N2O/c1-16-3-7-18(8-4-16)15-23-20-11-13-21(14-12-20)24-22(25)19-9-5-17(2)6-10-19/h3-14,23H,15H2,1-2H3,(H,24,25). The van der Waals surface area contributed by atoms with E-state index in [0.29, 0.717) is 5.56 Å². The van der Waals surface area contributed by atoms with Crippen molar-refractivity contribution in [1.29, 1.82) is 0 Å². The minimum absolute atomic E-state index is 0.0969. The molecule has 0 atom stereocenters. The van der Waals surface area contributed by atoms with Crippen molar-refractivity contribution in [2.24, 2.45) is 0 Å². The number of rotatable bonds is 5. The van der Waals surface area contributed by atoms with Crippen LogP contribution in [-0.4, -0.2) is 5.91 Å². The Morgan fingerprint density at radius 3 is 1.84 bits per heavy atom. The first-order valence-corrected chi connectivity index (χ1v) is 8.38. The summed E-state index contributed by atoms with van der Waals surface area (Å²) in [5, 5.41) is 6.30. The summed E-state index contributed by atoms with van der Waals surface area (Å²) < 4.78 is 0. The van der Waals surface area contributed by atoms with Gasteiger partial charge in [0.25, 0.3) is 5.91 Å². The second-order valence-corrected chi connectivity index (χ2v) is 6.24. The lowest BCUT2D eigenvalue weighted by atomic mass is 10.1. The van der Waals surface area contributed by atoms with Gasteiger partial charge in [-0.05, 0) is 55.8 Å². The van der Waals surface area contributed by atoms with E-state index in [1.165, 1.54) is 11.1 Å². The molecule has 25 heavy (non-hydrogen) atoms. The summed E-state index contributed by atoms with van der Waals surface area (Å²) in [6.07, 6.45) is 0. The fourth-order valence-corrected chi connectivity index (χ4v) is 2.49. The van der Waals surface area contributed by atoms with Crippen LogP contribution in [-0.2, 0) is 6.54 Å². The second kappa shape index (κ2) is 7.67. The molecule has 3 aromatic rings. The predicted octanol–water partition coefficient (Wildman–Crippen LogP) is 5.17. The number of nitrogens with one attached hydrogen (secondary N) is 2. The van der Waals surface area contributed by atoms with E-state index in [-0.39, 0.29) is 5.91 Å². The molecule has 3 aromatic carbocycles. The van der Waals surface area contributed by atoms with E-state index in [9.17, 15) is 4.79 Å². The summed E-state index contributed by atoms with van der Waals surface area (Å²) >= 11 is 0. The SMILES string of the molecule is Cc1ccc(CNc2ccc(NC(=O)c3ccc(C)cc3)cc2)cc1. The molecule has 0 saturated carbocycles. The second-order valence-electron chi connectivity index (χ2n) is 6.24. The summed E-state index contributed by atoms with van der Waals surface area (Å²) in [4.78, 5) is 12.2. The van der Waals surface area contributed by atoms with Crippen LogP contribution in [0.3, 0.4) is 0 Å². The highest BCUT2D eigenvalue weighted by molar-refractivity contribution is 6.04. The van der Waals surface area contributed by atoms with Gasteiger partial charge in [0.15, 0.2) is 0 Å². The van der Waals surface area contributed by atoms with Crippen molar-refractivity contribution in [3.63, 3.8) is 0 Å². The van der Waals surface area contributed by atoms with Crippen molar-refractivity contribution in [3.05, 3.63) is 95.1 Å². The Bertz CT molecular complexity index is 835. The molecular formula is C22H22N2O. The number of carbonyl (C=O) groups is 1. The van der Waals surface area contributed by atoms with Gasteiger partial charge in [0.1, 0.15) is 0 Å². The van der Waals surface area contributed by atoms with Gasteiger partial charge in [-0.15, -0.1) is 0 Å². The summed E-state index contributed by atoms with van der Waals surface area (Å²) in [7, 11) is 0. The van der Waals surface area contributed by atoms with Crippen LogP contribution in [0.2, 0.25) is 0 Å². The molecule has 0 aliphatic rings. The van der Waals surface area contributed by atoms with Gasteiger partial charge in [-0.25, -0.2) is 0 Å². The van der Waals surface area contributed by atoms with Gasteiger partial charge in [0.05, 0.1) is 0 Å². The average molecular weight is 330 g/mol. The highest BCUT2D eigenvalue weighted by Gasteiger charge is 2.05. The van der Waals surface area contributed by atoms with Crippen LogP contribution in [0.5, 0.6) is 0 Å². The minimum atomic E-state index is -0.0969. The smallest absolute Gasteiger partial charge is 0.255 e. The van der Waals surface area contributed by atoms with Gasteiger partial charge < -0.3 is 10.6 Å². The molecule has 0 aliphatic heterocycles. The van der Waals surface area contributed by atoms with Crippen molar-refractivity contribution < 1.29 is 4.79 Å². The molecular weight excluding hydrogens is 308 g/mol. The molecule has 3 nitrogen and oxygen atoms in total. The van der Waals surface area contributed by atoms with Gasteiger partial charge in [0, 0.05) is 23.5 Å². The van der Waals surface area contributed by atoms with E-state index >= 15 is 0 Å². The Morgan fingerprint density at radius 1 is 0.720 bits per heavy atom. The average Bonchev–Trinajstić information content (AvgIpc) is 2.63. The number of carbonyl (C=O) groups excluding carboxylic acids is 1. The van der Waals surface area contributed by atoms with E-state index in [1.54, 1.807) is 0 Å². The number of hydrogen-bond acceptors (Lipinski definition) is 2. The van der Waals surface area contributed by atoms with Gasteiger partial charge in [-0.1, -0.05) is 47.5 Å². The molecule has 0 heterocycles. The van der Waals surface area contributed by atoms with Crippen LogP contribution in [0.25, 0.3) is 0 Å². The predicted molar refractivity (Wildman–Crippen MR) is 104 cm³/mol. The van der Waals surface area contributed by atoms with Crippen molar-refractivity contribution in [1.82, 2.24) is 0 Å². The van der Waals surface area contributed by atoms with Crippen molar-refractivity contribution in [2.45, 2.75) is 20.4 Å². The maximum Gasteiger partial charge on any atom is 0.255 e. The Morgan fingerprint density at radius 2 is 1.24 bits per heavy atom. The first-order valence-electron chi connectivity index (χ1n) is 8.38. The largest absolute Gasteiger partial charge is 0.381 e. The Balaban J connectivity index is 1.57. The van der Waals surface area contributed by atoms with Crippen molar-refractivity contribution >= 4 is 17.3 Å². The molecule has 0 spiro atoms. The molecule has 1 amide bonds. The molecule has 0 aromatic heterocycles. The van der Waals surface area contributed by atoms with E-state index in [0.717, 1.165) is 23.5 Å².